The van der Waals surface area contributed by atoms with Gasteiger partial charge in [0.15, 0.2) is 5.11 Å². The fourth-order valence-corrected chi connectivity index (χ4v) is 2.93. The number of hydrogen-bond donors (Lipinski definition) is 1. The lowest BCUT2D eigenvalue weighted by molar-refractivity contribution is 0.385. The third-order valence-corrected chi connectivity index (χ3v) is 3.79. The van der Waals surface area contributed by atoms with Crippen LogP contribution in [0.1, 0.15) is 20.8 Å². The molecular weight excluding hydrogens is 212 g/mol. The molecule has 1 saturated heterocycles. The second-order valence-electron chi connectivity index (χ2n) is 4.23. The van der Waals surface area contributed by atoms with Gasteiger partial charge in [0, 0.05) is 24.9 Å². The number of hydrogen-bond acceptors (Lipinski definition) is 2. The van der Waals surface area contributed by atoms with Gasteiger partial charge < -0.3 is 10.2 Å². The summed E-state index contributed by atoms with van der Waals surface area (Å²) >= 11 is 7.40. The predicted octanol–water partition coefficient (Wildman–Crippen LogP) is 1.95. The molecule has 0 saturated carbocycles. The average molecular weight is 232 g/mol. The van der Waals surface area contributed by atoms with E-state index < -0.39 is 0 Å². The van der Waals surface area contributed by atoms with Gasteiger partial charge in [-0.25, -0.2) is 0 Å². The summed E-state index contributed by atoms with van der Waals surface area (Å²) in [7, 11) is 0. The van der Waals surface area contributed by atoms with Crippen molar-refractivity contribution in [1.29, 1.82) is 0 Å². The molecular formula is C10H20N2S2. The van der Waals surface area contributed by atoms with Crippen molar-refractivity contribution in [3.63, 3.8) is 0 Å². The third kappa shape index (κ3) is 4.05. The molecule has 82 valence electrons. The number of thiocarbonyl (C=S) groups is 1. The van der Waals surface area contributed by atoms with E-state index in [1.165, 1.54) is 11.5 Å². The number of nitrogens with zero attached hydrogens (tertiary/aromatic N) is 1. The largest absolute Gasteiger partial charge is 0.360 e. The van der Waals surface area contributed by atoms with Crippen molar-refractivity contribution in [1.82, 2.24) is 10.2 Å². The van der Waals surface area contributed by atoms with Gasteiger partial charge >= 0.3 is 0 Å². The van der Waals surface area contributed by atoms with Crippen molar-refractivity contribution in [2.75, 3.05) is 24.6 Å². The molecule has 14 heavy (non-hydrogen) atoms. The van der Waals surface area contributed by atoms with E-state index in [4.69, 9.17) is 12.2 Å². The molecule has 0 bridgehead atoms. The Labute approximate surface area is 96.8 Å². The van der Waals surface area contributed by atoms with Gasteiger partial charge in [0.1, 0.15) is 0 Å². The van der Waals surface area contributed by atoms with Crippen LogP contribution in [-0.4, -0.2) is 40.6 Å². The second kappa shape index (κ2) is 5.81. The van der Waals surface area contributed by atoms with E-state index in [9.17, 15) is 0 Å². The third-order valence-electron chi connectivity index (χ3n) is 2.14. The molecule has 1 N–H and O–H groups in total. The highest BCUT2D eigenvalue weighted by molar-refractivity contribution is 7.99. The van der Waals surface area contributed by atoms with E-state index >= 15 is 0 Å². The smallest absolute Gasteiger partial charge is 0.169 e. The first-order valence-corrected chi connectivity index (χ1v) is 6.79. The van der Waals surface area contributed by atoms with Gasteiger partial charge in [0.2, 0.25) is 0 Å². The first kappa shape index (κ1) is 12.1. The normalized spacial score (nSPS) is 23.4. The van der Waals surface area contributed by atoms with Crippen LogP contribution in [0.15, 0.2) is 0 Å². The number of nitrogens with one attached hydrogen (secondary N) is 1. The summed E-state index contributed by atoms with van der Waals surface area (Å²) in [6.07, 6.45) is 0. The van der Waals surface area contributed by atoms with E-state index in [0.29, 0.717) is 6.04 Å². The monoisotopic (exact) mass is 232 g/mol. The maximum Gasteiger partial charge on any atom is 0.169 e. The Morgan fingerprint density at radius 2 is 2.29 bits per heavy atom. The molecule has 0 aromatic carbocycles. The van der Waals surface area contributed by atoms with Gasteiger partial charge in [-0.1, -0.05) is 6.92 Å². The molecule has 0 radical (unpaired) electrons. The van der Waals surface area contributed by atoms with Crippen molar-refractivity contribution >= 4 is 29.1 Å². The van der Waals surface area contributed by atoms with Gasteiger partial charge in [0.25, 0.3) is 0 Å². The summed E-state index contributed by atoms with van der Waals surface area (Å²) < 4.78 is 0. The first-order valence-electron chi connectivity index (χ1n) is 5.22. The molecule has 0 aliphatic carbocycles. The molecule has 4 heteroatoms. The molecule has 1 aliphatic rings. The van der Waals surface area contributed by atoms with Crippen LogP contribution in [0, 0.1) is 5.92 Å². The Morgan fingerprint density at radius 1 is 1.57 bits per heavy atom. The molecule has 0 aromatic rings. The summed E-state index contributed by atoms with van der Waals surface area (Å²) in [6, 6.07) is 0.439. The van der Waals surface area contributed by atoms with E-state index in [0.717, 1.165) is 24.1 Å². The maximum atomic E-state index is 5.37. The summed E-state index contributed by atoms with van der Waals surface area (Å²) in [5.41, 5.74) is 0. The first-order chi connectivity index (χ1) is 6.59. The number of thioether (sulfide) groups is 1. The van der Waals surface area contributed by atoms with Crippen LogP contribution in [-0.2, 0) is 0 Å². The van der Waals surface area contributed by atoms with Crippen LogP contribution in [0.4, 0.5) is 0 Å². The van der Waals surface area contributed by atoms with Crippen LogP contribution < -0.4 is 5.32 Å². The Morgan fingerprint density at radius 3 is 2.93 bits per heavy atom. The van der Waals surface area contributed by atoms with Crippen molar-refractivity contribution in [2.45, 2.75) is 26.8 Å². The predicted molar refractivity (Wildman–Crippen MR) is 68.9 cm³/mol. The zero-order valence-electron chi connectivity index (χ0n) is 9.25. The minimum absolute atomic E-state index is 0.439. The topological polar surface area (TPSA) is 15.3 Å². The standard InChI is InChI=1S/C10H20N2S2/c1-8(2)11-10(13)12-4-5-14-7-9(3)6-12/h8-9H,4-7H2,1-3H3,(H,11,13). The van der Waals surface area contributed by atoms with Crippen LogP contribution in [0.3, 0.4) is 0 Å². The molecule has 1 heterocycles. The van der Waals surface area contributed by atoms with Crippen LogP contribution >= 0.6 is 24.0 Å². The Balaban J connectivity index is 2.44. The van der Waals surface area contributed by atoms with Crippen molar-refractivity contribution in [3.05, 3.63) is 0 Å². The lowest BCUT2D eigenvalue weighted by Gasteiger charge is -2.26. The average Bonchev–Trinajstić information content (AvgIpc) is 2.28. The van der Waals surface area contributed by atoms with E-state index in [1.54, 1.807) is 0 Å². The summed E-state index contributed by atoms with van der Waals surface area (Å²) in [5.74, 6) is 3.21. The molecule has 0 spiro atoms. The molecule has 1 atom stereocenters. The van der Waals surface area contributed by atoms with E-state index in [-0.39, 0.29) is 0 Å². The lowest BCUT2D eigenvalue weighted by atomic mass is 10.2. The second-order valence-corrected chi connectivity index (χ2v) is 5.77. The Kier molecular flexibility index (Phi) is 5.02. The fourth-order valence-electron chi connectivity index (χ4n) is 1.50. The van der Waals surface area contributed by atoms with Crippen LogP contribution in [0.2, 0.25) is 0 Å². The van der Waals surface area contributed by atoms with E-state index in [1.807, 2.05) is 11.8 Å². The zero-order valence-corrected chi connectivity index (χ0v) is 10.9. The van der Waals surface area contributed by atoms with Crippen molar-refractivity contribution in [3.8, 4) is 0 Å². The Hall–Kier alpha value is 0.0400. The highest BCUT2D eigenvalue weighted by Gasteiger charge is 2.17. The summed E-state index contributed by atoms with van der Waals surface area (Å²) in [6.45, 7) is 8.74. The highest BCUT2D eigenvalue weighted by atomic mass is 32.2. The molecule has 1 rings (SSSR count). The molecule has 0 amide bonds. The fraction of sp³-hybridized carbons (Fsp3) is 0.900. The van der Waals surface area contributed by atoms with Gasteiger partial charge in [-0.2, -0.15) is 11.8 Å². The molecule has 0 aromatic heterocycles. The Bertz CT molecular complexity index is 195. The molecule has 2 nitrogen and oxygen atoms in total. The van der Waals surface area contributed by atoms with Crippen LogP contribution in [0.25, 0.3) is 0 Å². The number of rotatable bonds is 1. The van der Waals surface area contributed by atoms with Crippen molar-refractivity contribution < 1.29 is 0 Å². The lowest BCUT2D eigenvalue weighted by Crippen LogP contribution is -2.44. The summed E-state index contributed by atoms with van der Waals surface area (Å²) in [4.78, 5) is 2.31. The minimum Gasteiger partial charge on any atom is -0.360 e. The zero-order chi connectivity index (χ0) is 10.6. The van der Waals surface area contributed by atoms with Crippen LogP contribution in [0.5, 0.6) is 0 Å². The van der Waals surface area contributed by atoms with Gasteiger partial charge in [0.05, 0.1) is 0 Å². The quantitative estimate of drug-likeness (QED) is 0.695. The van der Waals surface area contributed by atoms with Gasteiger partial charge in [-0.3, -0.25) is 0 Å². The maximum absolute atomic E-state index is 5.37. The van der Waals surface area contributed by atoms with E-state index in [2.05, 4.69) is 31.0 Å². The van der Waals surface area contributed by atoms with Gasteiger partial charge in [-0.15, -0.1) is 0 Å². The highest BCUT2D eigenvalue weighted by Crippen LogP contribution is 2.15. The molecule has 1 fully saturated rings. The van der Waals surface area contributed by atoms with Gasteiger partial charge in [-0.05, 0) is 37.7 Å². The molecule has 1 aliphatic heterocycles. The summed E-state index contributed by atoms with van der Waals surface area (Å²) in [5, 5.41) is 4.23. The SMILES string of the molecule is CC1CSCCN(C(=S)NC(C)C)C1. The minimum atomic E-state index is 0.439. The van der Waals surface area contributed by atoms with Crippen molar-refractivity contribution in [2.24, 2.45) is 5.92 Å². The molecule has 1 unspecified atom stereocenters.